The van der Waals surface area contributed by atoms with Crippen molar-refractivity contribution in [3.8, 4) is 0 Å². The van der Waals surface area contributed by atoms with Crippen LogP contribution < -0.4 is 5.32 Å². The number of carbonyl (C=O) groups excluding carboxylic acids is 1. The van der Waals surface area contributed by atoms with Crippen LogP contribution in [0.3, 0.4) is 0 Å². The maximum atomic E-state index is 12.5. The Labute approximate surface area is 125 Å². The van der Waals surface area contributed by atoms with Gasteiger partial charge in [0.15, 0.2) is 0 Å². The fourth-order valence-corrected chi connectivity index (χ4v) is 2.99. The first-order chi connectivity index (χ1) is 10.1. The lowest BCUT2D eigenvalue weighted by atomic mass is 10.0. The molecule has 0 aliphatic carbocycles. The number of carbonyl (C=O) groups is 1. The van der Waals surface area contributed by atoms with Crippen molar-refractivity contribution in [3.63, 3.8) is 0 Å². The molecule has 2 atom stereocenters. The number of benzene rings is 2. The molecular formula is C18H20N2O. The van der Waals surface area contributed by atoms with Crippen LogP contribution in [0.4, 0.5) is 0 Å². The number of nitrogens with zero attached hydrogens (tertiary/aromatic N) is 1. The van der Waals surface area contributed by atoms with E-state index in [9.17, 15) is 4.79 Å². The Morgan fingerprint density at radius 3 is 2.43 bits per heavy atom. The summed E-state index contributed by atoms with van der Waals surface area (Å²) in [6.45, 7) is 4.18. The topological polar surface area (TPSA) is 32.3 Å². The number of hydrogen-bond donors (Lipinski definition) is 1. The molecule has 1 N–H and O–H groups in total. The highest BCUT2D eigenvalue weighted by atomic mass is 16.2. The van der Waals surface area contributed by atoms with E-state index in [0.29, 0.717) is 0 Å². The van der Waals surface area contributed by atoms with Crippen molar-refractivity contribution in [2.45, 2.75) is 26.1 Å². The van der Waals surface area contributed by atoms with Crippen LogP contribution in [0, 0.1) is 13.8 Å². The third kappa shape index (κ3) is 2.45. The molecule has 0 bridgehead atoms. The van der Waals surface area contributed by atoms with E-state index < -0.39 is 0 Å². The van der Waals surface area contributed by atoms with Gasteiger partial charge in [0.2, 0.25) is 5.91 Å². The van der Waals surface area contributed by atoms with Gasteiger partial charge in [-0.15, -0.1) is 0 Å². The molecule has 1 aliphatic rings. The second-order valence-electron chi connectivity index (χ2n) is 5.72. The summed E-state index contributed by atoms with van der Waals surface area (Å²) in [7, 11) is 1.86. The van der Waals surface area contributed by atoms with Gasteiger partial charge >= 0.3 is 0 Å². The molecule has 2 aromatic carbocycles. The number of hydrogen-bond acceptors (Lipinski definition) is 2. The largest absolute Gasteiger partial charge is 0.324 e. The van der Waals surface area contributed by atoms with Gasteiger partial charge in [-0.25, -0.2) is 0 Å². The average molecular weight is 280 g/mol. The van der Waals surface area contributed by atoms with Crippen molar-refractivity contribution in [2.24, 2.45) is 0 Å². The summed E-state index contributed by atoms with van der Waals surface area (Å²) >= 11 is 0. The van der Waals surface area contributed by atoms with Crippen molar-refractivity contribution < 1.29 is 4.79 Å². The normalized spacial score (nSPS) is 21.9. The van der Waals surface area contributed by atoms with E-state index >= 15 is 0 Å². The second kappa shape index (κ2) is 5.34. The lowest BCUT2D eigenvalue weighted by molar-refractivity contribution is -0.128. The molecule has 3 heteroatoms. The summed E-state index contributed by atoms with van der Waals surface area (Å²) in [6.07, 6.45) is -0.0664. The third-order valence-corrected chi connectivity index (χ3v) is 4.16. The molecule has 1 heterocycles. The van der Waals surface area contributed by atoms with Crippen molar-refractivity contribution in [1.29, 1.82) is 0 Å². The van der Waals surface area contributed by atoms with Crippen LogP contribution in [0.1, 0.15) is 34.5 Å². The zero-order valence-electron chi connectivity index (χ0n) is 12.6. The summed E-state index contributed by atoms with van der Waals surface area (Å²) in [4.78, 5) is 14.3. The number of amides is 1. The molecule has 0 spiro atoms. The molecule has 0 radical (unpaired) electrons. The zero-order chi connectivity index (χ0) is 15.0. The van der Waals surface area contributed by atoms with Crippen LogP contribution in [0.15, 0.2) is 48.5 Å². The monoisotopic (exact) mass is 280 g/mol. The molecule has 3 nitrogen and oxygen atoms in total. The Morgan fingerprint density at radius 2 is 1.76 bits per heavy atom. The lowest BCUT2D eigenvalue weighted by Crippen LogP contribution is -2.26. The van der Waals surface area contributed by atoms with Crippen LogP contribution in [-0.4, -0.2) is 17.9 Å². The molecule has 0 aromatic heterocycles. The standard InChI is InChI=1S/C18H20N2O/c1-12-9-10-15(13(2)11-12)17-19-16(18(21)20(17)3)14-7-5-4-6-8-14/h4-11,16-17,19H,1-3H3. The van der Waals surface area contributed by atoms with Gasteiger partial charge in [-0.2, -0.15) is 0 Å². The first-order valence-electron chi connectivity index (χ1n) is 7.23. The van der Waals surface area contributed by atoms with Gasteiger partial charge in [0.25, 0.3) is 0 Å². The lowest BCUT2D eigenvalue weighted by Gasteiger charge is -2.21. The second-order valence-corrected chi connectivity index (χ2v) is 5.72. The number of nitrogens with one attached hydrogen (secondary N) is 1. The molecule has 0 saturated carbocycles. The van der Waals surface area contributed by atoms with E-state index in [-0.39, 0.29) is 18.1 Å². The van der Waals surface area contributed by atoms with Crippen LogP contribution in [0.2, 0.25) is 0 Å². The third-order valence-electron chi connectivity index (χ3n) is 4.16. The highest BCUT2D eigenvalue weighted by molar-refractivity contribution is 5.85. The first kappa shape index (κ1) is 13.8. The number of likely N-dealkylation sites (N-methyl/N-ethyl adjacent to an activating group) is 1. The highest BCUT2D eigenvalue weighted by Crippen LogP contribution is 2.32. The van der Waals surface area contributed by atoms with Crippen LogP contribution in [-0.2, 0) is 4.79 Å². The van der Waals surface area contributed by atoms with Crippen LogP contribution >= 0.6 is 0 Å². The van der Waals surface area contributed by atoms with E-state index in [0.717, 1.165) is 11.1 Å². The minimum Gasteiger partial charge on any atom is -0.324 e. The molecule has 1 fully saturated rings. The van der Waals surface area contributed by atoms with Gasteiger partial charge in [-0.05, 0) is 30.5 Å². The first-order valence-corrected chi connectivity index (χ1v) is 7.23. The van der Waals surface area contributed by atoms with Crippen molar-refractivity contribution in [1.82, 2.24) is 10.2 Å². The molecule has 21 heavy (non-hydrogen) atoms. The van der Waals surface area contributed by atoms with Gasteiger partial charge in [0.05, 0.1) is 0 Å². The highest BCUT2D eigenvalue weighted by Gasteiger charge is 2.38. The maximum Gasteiger partial charge on any atom is 0.245 e. The molecule has 2 unspecified atom stereocenters. The van der Waals surface area contributed by atoms with E-state index in [4.69, 9.17) is 0 Å². The summed E-state index contributed by atoms with van der Waals surface area (Å²) < 4.78 is 0. The van der Waals surface area contributed by atoms with Gasteiger partial charge < -0.3 is 4.90 Å². The van der Waals surface area contributed by atoms with Gasteiger partial charge in [0.1, 0.15) is 12.2 Å². The Bertz CT molecular complexity index is 666. The molecule has 108 valence electrons. The van der Waals surface area contributed by atoms with E-state index in [1.54, 1.807) is 4.90 Å². The Morgan fingerprint density at radius 1 is 1.05 bits per heavy atom. The fourth-order valence-electron chi connectivity index (χ4n) is 2.99. The summed E-state index contributed by atoms with van der Waals surface area (Å²) in [6, 6.07) is 16.0. The SMILES string of the molecule is Cc1ccc(C2NC(c3ccccc3)C(=O)N2C)c(C)c1. The minimum atomic E-state index is -0.262. The zero-order valence-corrected chi connectivity index (χ0v) is 12.6. The average Bonchev–Trinajstić information content (AvgIpc) is 2.77. The quantitative estimate of drug-likeness (QED) is 0.916. The minimum absolute atomic E-state index is 0.0664. The summed E-state index contributed by atoms with van der Waals surface area (Å²) in [5, 5.41) is 3.46. The fraction of sp³-hybridized carbons (Fsp3) is 0.278. The van der Waals surface area contributed by atoms with Crippen molar-refractivity contribution in [2.75, 3.05) is 7.05 Å². The smallest absolute Gasteiger partial charge is 0.245 e. The Balaban J connectivity index is 1.94. The van der Waals surface area contributed by atoms with E-state index in [2.05, 4.69) is 37.4 Å². The van der Waals surface area contributed by atoms with E-state index in [1.807, 2.05) is 37.4 Å². The molecule has 1 aliphatic heterocycles. The molecule has 2 aromatic rings. The molecular weight excluding hydrogens is 260 g/mol. The van der Waals surface area contributed by atoms with Crippen molar-refractivity contribution >= 4 is 5.91 Å². The number of aryl methyl sites for hydroxylation is 2. The van der Waals surface area contributed by atoms with Gasteiger partial charge in [-0.1, -0.05) is 54.1 Å². The Hall–Kier alpha value is -2.13. The Kier molecular flexibility index (Phi) is 3.52. The summed E-state index contributed by atoms with van der Waals surface area (Å²) in [5.41, 5.74) is 4.63. The molecule has 3 rings (SSSR count). The van der Waals surface area contributed by atoms with Gasteiger partial charge in [0, 0.05) is 7.05 Å². The van der Waals surface area contributed by atoms with Gasteiger partial charge in [-0.3, -0.25) is 10.1 Å². The maximum absolute atomic E-state index is 12.5. The van der Waals surface area contributed by atoms with Crippen LogP contribution in [0.25, 0.3) is 0 Å². The predicted octanol–water partition coefficient (Wildman–Crippen LogP) is 3.10. The number of rotatable bonds is 2. The summed E-state index contributed by atoms with van der Waals surface area (Å²) in [5.74, 6) is 0.117. The molecule has 1 amide bonds. The van der Waals surface area contributed by atoms with E-state index in [1.165, 1.54) is 11.1 Å². The van der Waals surface area contributed by atoms with Crippen molar-refractivity contribution in [3.05, 3.63) is 70.8 Å². The predicted molar refractivity (Wildman–Crippen MR) is 83.7 cm³/mol. The van der Waals surface area contributed by atoms with Crippen LogP contribution in [0.5, 0.6) is 0 Å². The molecule has 1 saturated heterocycles.